The first-order valence-electron chi connectivity index (χ1n) is 13.5. The summed E-state index contributed by atoms with van der Waals surface area (Å²) in [6.07, 6.45) is 0.789. The lowest BCUT2D eigenvalue weighted by molar-refractivity contribution is -0.0589. The number of imidazole rings is 1. The first-order valence-corrected chi connectivity index (χ1v) is 13.5. The van der Waals surface area contributed by atoms with Crippen LogP contribution in [-0.2, 0) is 24.3 Å². The van der Waals surface area contributed by atoms with Crippen LogP contribution in [0.3, 0.4) is 0 Å². The molecule has 1 N–H and O–H groups in total. The number of benzene rings is 3. The van der Waals surface area contributed by atoms with Crippen molar-refractivity contribution in [3.8, 4) is 23.2 Å². The highest BCUT2D eigenvalue weighted by atomic mass is 19.1. The van der Waals surface area contributed by atoms with Gasteiger partial charge in [-0.25, -0.2) is 32.3 Å². The van der Waals surface area contributed by atoms with Gasteiger partial charge in [-0.2, -0.15) is 5.26 Å². The van der Waals surface area contributed by atoms with Gasteiger partial charge in [-0.1, -0.05) is 12.1 Å². The van der Waals surface area contributed by atoms with Crippen LogP contribution in [0.4, 0.5) is 17.6 Å². The highest BCUT2D eigenvalue weighted by molar-refractivity contribution is 5.92. The fraction of sp³-hybridized carbons (Fsp3) is 0.188. The average molecular weight is 603 g/mol. The van der Waals surface area contributed by atoms with Gasteiger partial charge in [-0.05, 0) is 54.4 Å². The van der Waals surface area contributed by atoms with Gasteiger partial charge in [0.25, 0.3) is 0 Å². The molecule has 0 amide bonds. The van der Waals surface area contributed by atoms with Gasteiger partial charge in [0.15, 0.2) is 5.82 Å². The van der Waals surface area contributed by atoms with Crippen LogP contribution in [0.2, 0.25) is 0 Å². The molecular weight excluding hydrogens is 580 g/mol. The van der Waals surface area contributed by atoms with E-state index in [1.165, 1.54) is 24.3 Å². The molecule has 0 unspecified atom stereocenters. The van der Waals surface area contributed by atoms with Gasteiger partial charge in [0.1, 0.15) is 41.5 Å². The second kappa shape index (κ2) is 11.8. The van der Waals surface area contributed by atoms with Crippen molar-refractivity contribution in [3.05, 3.63) is 112 Å². The molecule has 8 nitrogen and oxygen atoms in total. The van der Waals surface area contributed by atoms with E-state index in [0.29, 0.717) is 30.1 Å². The Morgan fingerprint density at radius 1 is 1.02 bits per heavy atom. The average Bonchev–Trinajstić information content (AvgIpc) is 3.32. The second-order valence-electron chi connectivity index (χ2n) is 10.2. The maximum Gasteiger partial charge on any atom is 0.335 e. The van der Waals surface area contributed by atoms with Gasteiger partial charge in [0.05, 0.1) is 35.0 Å². The minimum atomic E-state index is -1.27. The van der Waals surface area contributed by atoms with Crippen molar-refractivity contribution in [2.75, 3.05) is 6.61 Å². The fourth-order valence-electron chi connectivity index (χ4n) is 4.96. The smallest absolute Gasteiger partial charge is 0.335 e. The molecule has 0 saturated carbocycles. The molecule has 44 heavy (non-hydrogen) atoms. The molecule has 3 heterocycles. The number of nitriles is 1. The van der Waals surface area contributed by atoms with Crippen molar-refractivity contribution in [2.24, 2.45) is 0 Å². The van der Waals surface area contributed by atoms with Crippen molar-refractivity contribution in [3.63, 3.8) is 0 Å². The standard InChI is InChI=1S/C32H22F4N4O4/c33-23-12-20(24(34)11-19(23)14-37)16-44-30-3-1-2-27(38-30)22-5-4-17(8-25(22)35)9-29-39-31-26(36)10-18(32(41)42)13-28(31)40(29)15-21-6-7-43-21/h1-5,8,10-13,21H,6-7,9,15-16H2,(H,41,42)/t21-/m0/s1. The number of halogens is 4. The maximum atomic E-state index is 15.4. The number of aromatic nitrogens is 3. The predicted octanol–water partition coefficient (Wildman–Crippen LogP) is 6.18. The monoisotopic (exact) mass is 602 g/mol. The van der Waals surface area contributed by atoms with Gasteiger partial charge >= 0.3 is 5.97 Å². The number of fused-ring (bicyclic) bond motifs is 1. The summed E-state index contributed by atoms with van der Waals surface area (Å²) in [7, 11) is 0. The van der Waals surface area contributed by atoms with E-state index in [9.17, 15) is 23.1 Å². The molecule has 3 aromatic carbocycles. The molecule has 5 aromatic rings. The van der Waals surface area contributed by atoms with Crippen LogP contribution in [-0.4, -0.2) is 38.3 Å². The summed E-state index contributed by atoms with van der Waals surface area (Å²) in [6, 6.07) is 14.6. The maximum absolute atomic E-state index is 15.4. The van der Waals surface area contributed by atoms with E-state index in [1.807, 2.05) is 0 Å². The molecule has 6 rings (SSSR count). The van der Waals surface area contributed by atoms with Crippen LogP contribution in [0, 0.1) is 34.6 Å². The van der Waals surface area contributed by atoms with E-state index < -0.39 is 34.8 Å². The molecule has 1 atom stereocenters. The van der Waals surface area contributed by atoms with Crippen LogP contribution in [0.15, 0.2) is 60.7 Å². The third-order valence-corrected chi connectivity index (χ3v) is 7.34. The number of pyridine rings is 1. The lowest BCUT2D eigenvalue weighted by atomic mass is 10.1. The van der Waals surface area contributed by atoms with Gasteiger partial charge in [-0.15, -0.1) is 0 Å². The predicted molar refractivity (Wildman–Crippen MR) is 149 cm³/mol. The van der Waals surface area contributed by atoms with Crippen molar-refractivity contribution in [1.82, 2.24) is 14.5 Å². The number of hydrogen-bond donors (Lipinski definition) is 1. The lowest BCUT2D eigenvalue weighted by Crippen LogP contribution is -2.31. The number of hydrogen-bond acceptors (Lipinski definition) is 6. The molecule has 1 fully saturated rings. The number of carboxylic acid groups (broad SMARTS) is 1. The number of ether oxygens (including phenoxy) is 2. The summed E-state index contributed by atoms with van der Waals surface area (Å²) in [4.78, 5) is 20.3. The van der Waals surface area contributed by atoms with E-state index >= 15 is 4.39 Å². The molecule has 1 aliphatic rings. The number of aromatic carboxylic acids is 1. The largest absolute Gasteiger partial charge is 0.478 e. The van der Waals surface area contributed by atoms with Crippen molar-refractivity contribution < 1.29 is 36.9 Å². The first kappa shape index (κ1) is 28.8. The third-order valence-electron chi connectivity index (χ3n) is 7.34. The Morgan fingerprint density at radius 2 is 1.84 bits per heavy atom. The van der Waals surface area contributed by atoms with Gasteiger partial charge < -0.3 is 19.1 Å². The summed E-state index contributed by atoms with van der Waals surface area (Å²) in [5.41, 5.74) is 0.509. The zero-order valence-corrected chi connectivity index (χ0v) is 22.9. The minimum absolute atomic E-state index is 0.0195. The second-order valence-corrected chi connectivity index (χ2v) is 10.2. The molecule has 2 aromatic heterocycles. The number of nitrogens with zero attached hydrogens (tertiary/aromatic N) is 4. The SMILES string of the molecule is N#Cc1cc(F)c(COc2cccc(-c3ccc(Cc4nc5c(F)cc(C(=O)O)cc5n4C[C@@H]4CCO4)cc3F)n2)cc1F. The Kier molecular flexibility index (Phi) is 7.71. The molecule has 0 bridgehead atoms. The van der Waals surface area contributed by atoms with Crippen molar-refractivity contribution in [2.45, 2.75) is 32.1 Å². The Morgan fingerprint density at radius 3 is 2.55 bits per heavy atom. The quantitative estimate of drug-likeness (QED) is 0.201. The fourth-order valence-corrected chi connectivity index (χ4v) is 4.96. The third kappa shape index (κ3) is 5.69. The lowest BCUT2D eigenvalue weighted by Gasteiger charge is -2.27. The van der Waals surface area contributed by atoms with Crippen LogP contribution in [0.5, 0.6) is 5.88 Å². The summed E-state index contributed by atoms with van der Waals surface area (Å²) in [6.45, 7) is 0.567. The molecule has 1 aliphatic heterocycles. The molecule has 222 valence electrons. The Labute approximate surface area is 247 Å². The number of carboxylic acids is 1. The molecular formula is C32H22F4N4O4. The van der Waals surface area contributed by atoms with Crippen molar-refractivity contribution in [1.29, 1.82) is 5.26 Å². The zero-order chi connectivity index (χ0) is 31.0. The molecule has 1 saturated heterocycles. The molecule has 12 heteroatoms. The van der Waals surface area contributed by atoms with E-state index in [4.69, 9.17) is 14.7 Å². The Hall–Kier alpha value is -5.28. The molecule has 0 radical (unpaired) electrons. The van der Waals surface area contributed by atoms with Crippen LogP contribution >= 0.6 is 0 Å². The molecule has 0 spiro atoms. The van der Waals surface area contributed by atoms with Gasteiger partial charge in [0.2, 0.25) is 5.88 Å². The highest BCUT2D eigenvalue weighted by Crippen LogP contribution is 2.28. The summed E-state index contributed by atoms with van der Waals surface area (Å²) in [5.74, 6) is -3.85. The first-order chi connectivity index (χ1) is 21.2. The van der Waals surface area contributed by atoms with E-state index in [1.54, 1.807) is 28.8 Å². The van der Waals surface area contributed by atoms with Crippen molar-refractivity contribution >= 4 is 17.0 Å². The van der Waals surface area contributed by atoms with Crippen LogP contribution in [0.1, 0.15) is 39.3 Å². The summed E-state index contributed by atoms with van der Waals surface area (Å²) < 4.78 is 71.2. The van der Waals surface area contributed by atoms with Gasteiger partial charge in [0, 0.05) is 30.2 Å². The van der Waals surface area contributed by atoms with Crippen LogP contribution in [0.25, 0.3) is 22.3 Å². The normalized spacial score (nSPS) is 14.3. The molecule has 0 aliphatic carbocycles. The summed E-state index contributed by atoms with van der Waals surface area (Å²) >= 11 is 0. The van der Waals surface area contributed by atoms with Gasteiger partial charge in [-0.3, -0.25) is 0 Å². The van der Waals surface area contributed by atoms with E-state index in [2.05, 4.69) is 9.97 Å². The highest BCUT2D eigenvalue weighted by Gasteiger charge is 2.24. The Balaban J connectivity index is 1.24. The Bertz CT molecular complexity index is 1970. The number of carbonyl (C=O) groups is 1. The van der Waals surface area contributed by atoms with E-state index in [-0.39, 0.29) is 52.9 Å². The summed E-state index contributed by atoms with van der Waals surface area (Å²) in [5, 5.41) is 18.3. The topological polar surface area (TPSA) is 110 Å². The minimum Gasteiger partial charge on any atom is -0.478 e. The number of rotatable bonds is 9. The van der Waals surface area contributed by atoms with E-state index in [0.717, 1.165) is 24.6 Å². The van der Waals surface area contributed by atoms with Crippen LogP contribution < -0.4 is 4.74 Å². The zero-order valence-electron chi connectivity index (χ0n) is 22.9.